The van der Waals surface area contributed by atoms with Crippen LogP contribution in [0, 0.1) is 5.92 Å². The van der Waals surface area contributed by atoms with Gasteiger partial charge < -0.3 is 10.6 Å². The van der Waals surface area contributed by atoms with E-state index in [9.17, 15) is 13.2 Å². The first-order chi connectivity index (χ1) is 12.4. The molecule has 3 rings (SSSR count). The molecule has 1 unspecified atom stereocenters. The van der Waals surface area contributed by atoms with Gasteiger partial charge in [0, 0.05) is 31.0 Å². The number of rotatable bonds is 8. The summed E-state index contributed by atoms with van der Waals surface area (Å²) in [5.74, 6) is 0.220. The van der Waals surface area contributed by atoms with Gasteiger partial charge in [-0.2, -0.15) is 5.10 Å². The van der Waals surface area contributed by atoms with Crippen LogP contribution in [-0.4, -0.2) is 37.7 Å². The van der Waals surface area contributed by atoms with E-state index < -0.39 is 16.1 Å². The van der Waals surface area contributed by atoms with E-state index in [-0.39, 0.29) is 10.8 Å². The zero-order chi connectivity index (χ0) is 18.7. The van der Waals surface area contributed by atoms with Crippen LogP contribution in [0.1, 0.15) is 24.4 Å². The molecule has 140 valence electrons. The topological polar surface area (TPSA) is 105 Å². The van der Waals surface area contributed by atoms with Gasteiger partial charge in [0.15, 0.2) is 0 Å². The highest BCUT2D eigenvalue weighted by molar-refractivity contribution is 7.89. The third-order valence-corrected chi connectivity index (χ3v) is 5.74. The van der Waals surface area contributed by atoms with Gasteiger partial charge in [0.25, 0.3) is 0 Å². The summed E-state index contributed by atoms with van der Waals surface area (Å²) >= 11 is 0. The summed E-state index contributed by atoms with van der Waals surface area (Å²) in [6, 6.07) is 5.60. The number of nitrogens with zero attached hydrogens (tertiary/aromatic N) is 2. The lowest BCUT2D eigenvalue weighted by Gasteiger charge is -2.15. The Morgan fingerprint density at radius 1 is 1.31 bits per heavy atom. The van der Waals surface area contributed by atoms with Crippen molar-refractivity contribution < 1.29 is 13.2 Å². The second kappa shape index (κ2) is 7.56. The van der Waals surface area contributed by atoms with E-state index in [0.717, 1.165) is 18.4 Å². The minimum Gasteiger partial charge on any atom is -0.324 e. The number of aromatic nitrogens is 2. The van der Waals surface area contributed by atoms with Crippen molar-refractivity contribution in [2.45, 2.75) is 23.8 Å². The number of anilines is 1. The number of carbonyl (C=O) groups excluding carboxylic acids is 1. The summed E-state index contributed by atoms with van der Waals surface area (Å²) in [5, 5.41) is 9.81. The van der Waals surface area contributed by atoms with Gasteiger partial charge in [-0.3, -0.25) is 9.48 Å². The molecule has 1 amide bonds. The first-order valence-electron chi connectivity index (χ1n) is 8.45. The number of aryl methyl sites for hydroxylation is 1. The summed E-state index contributed by atoms with van der Waals surface area (Å²) < 4.78 is 28.7. The largest absolute Gasteiger partial charge is 0.324 e. The second-order valence-electron chi connectivity index (χ2n) is 6.48. The minimum absolute atomic E-state index is 0.188. The molecular formula is C17H23N5O3S. The summed E-state index contributed by atoms with van der Waals surface area (Å²) in [6.07, 6.45) is 5.55. The van der Waals surface area contributed by atoms with Gasteiger partial charge in [-0.1, -0.05) is 0 Å². The SMILES string of the molecule is CNC(C(=O)Nc1ccc(S(=O)(=O)NCC2CC2)cc1)c1cnn(C)c1. The number of sulfonamides is 1. The fourth-order valence-corrected chi connectivity index (χ4v) is 3.72. The van der Waals surface area contributed by atoms with Crippen LogP contribution in [0.25, 0.3) is 0 Å². The normalized spacial score (nSPS) is 15.6. The molecule has 1 aromatic carbocycles. The molecule has 26 heavy (non-hydrogen) atoms. The maximum atomic E-state index is 12.5. The van der Waals surface area contributed by atoms with Gasteiger partial charge in [0.05, 0.1) is 11.1 Å². The van der Waals surface area contributed by atoms with Gasteiger partial charge >= 0.3 is 0 Å². The Hall–Kier alpha value is -2.23. The summed E-state index contributed by atoms with van der Waals surface area (Å²) in [7, 11) is -0.0327. The van der Waals surface area contributed by atoms with Crippen molar-refractivity contribution in [1.29, 1.82) is 0 Å². The summed E-state index contributed by atoms with van der Waals surface area (Å²) in [6.45, 7) is 0.482. The fourth-order valence-electron chi connectivity index (χ4n) is 2.60. The van der Waals surface area contributed by atoms with E-state index in [1.54, 1.807) is 43.3 Å². The first-order valence-corrected chi connectivity index (χ1v) is 9.94. The Bertz CT molecular complexity index is 872. The zero-order valence-corrected chi connectivity index (χ0v) is 15.6. The lowest BCUT2D eigenvalue weighted by molar-refractivity contribution is -0.118. The van der Waals surface area contributed by atoms with Crippen molar-refractivity contribution in [3.05, 3.63) is 42.2 Å². The van der Waals surface area contributed by atoms with E-state index in [1.165, 1.54) is 12.1 Å². The smallest absolute Gasteiger partial charge is 0.246 e. The average molecular weight is 377 g/mol. The standard InChI is InChI=1S/C17H23N5O3S/c1-18-16(13-10-19-22(2)11-13)17(23)21-14-5-7-15(8-6-14)26(24,25)20-9-12-3-4-12/h5-8,10-12,16,18,20H,3-4,9H2,1-2H3,(H,21,23). The molecule has 1 atom stereocenters. The van der Waals surface area contributed by atoms with Crippen LogP contribution in [0.5, 0.6) is 0 Å². The van der Waals surface area contributed by atoms with Crippen LogP contribution in [0.15, 0.2) is 41.6 Å². The summed E-state index contributed by atoms with van der Waals surface area (Å²) in [5.41, 5.74) is 1.27. The van der Waals surface area contributed by atoms with E-state index in [0.29, 0.717) is 18.2 Å². The lowest BCUT2D eigenvalue weighted by atomic mass is 10.1. The lowest BCUT2D eigenvalue weighted by Crippen LogP contribution is -2.30. The van der Waals surface area contributed by atoms with E-state index in [4.69, 9.17) is 0 Å². The molecule has 1 saturated carbocycles. The molecule has 2 aromatic rings. The second-order valence-corrected chi connectivity index (χ2v) is 8.24. The molecular weight excluding hydrogens is 354 g/mol. The van der Waals surface area contributed by atoms with Crippen LogP contribution in [0.2, 0.25) is 0 Å². The van der Waals surface area contributed by atoms with Crippen LogP contribution >= 0.6 is 0 Å². The molecule has 0 aliphatic heterocycles. The number of nitrogens with one attached hydrogen (secondary N) is 3. The molecule has 1 aliphatic rings. The van der Waals surface area contributed by atoms with E-state index >= 15 is 0 Å². The fraction of sp³-hybridized carbons (Fsp3) is 0.412. The molecule has 0 bridgehead atoms. The predicted octanol–water partition coefficient (Wildman–Crippen LogP) is 1.01. The number of hydrogen-bond acceptors (Lipinski definition) is 5. The molecule has 0 radical (unpaired) electrons. The van der Waals surface area contributed by atoms with Crippen molar-refractivity contribution in [3.8, 4) is 0 Å². The van der Waals surface area contributed by atoms with E-state index in [2.05, 4.69) is 20.5 Å². The molecule has 9 heteroatoms. The van der Waals surface area contributed by atoms with Crippen LogP contribution in [0.3, 0.4) is 0 Å². The van der Waals surface area contributed by atoms with Gasteiger partial charge in [-0.25, -0.2) is 13.1 Å². The number of benzene rings is 1. The molecule has 1 heterocycles. The molecule has 0 spiro atoms. The maximum absolute atomic E-state index is 12.5. The van der Waals surface area contributed by atoms with Gasteiger partial charge in [-0.05, 0) is 50.1 Å². The molecule has 1 aromatic heterocycles. The monoisotopic (exact) mass is 377 g/mol. The first kappa shape index (κ1) is 18.6. The molecule has 1 aliphatic carbocycles. The van der Waals surface area contributed by atoms with Crippen LogP contribution in [0.4, 0.5) is 5.69 Å². The maximum Gasteiger partial charge on any atom is 0.246 e. The molecule has 8 nitrogen and oxygen atoms in total. The molecule has 1 fully saturated rings. The highest BCUT2D eigenvalue weighted by atomic mass is 32.2. The number of hydrogen-bond donors (Lipinski definition) is 3. The predicted molar refractivity (Wildman–Crippen MR) is 98.0 cm³/mol. The van der Waals surface area contributed by atoms with Gasteiger partial charge in [0.2, 0.25) is 15.9 Å². The minimum atomic E-state index is -3.51. The number of carbonyl (C=O) groups is 1. The Morgan fingerprint density at radius 3 is 2.54 bits per heavy atom. The quantitative estimate of drug-likeness (QED) is 0.637. The third-order valence-electron chi connectivity index (χ3n) is 4.30. The number of likely N-dealkylation sites (N-methyl/N-ethyl adjacent to an activating group) is 1. The van der Waals surface area contributed by atoms with Gasteiger partial charge in [-0.15, -0.1) is 0 Å². The summed E-state index contributed by atoms with van der Waals surface area (Å²) in [4.78, 5) is 12.7. The molecule has 3 N–H and O–H groups in total. The molecule has 0 saturated heterocycles. The van der Waals surface area contributed by atoms with Crippen molar-refractivity contribution >= 4 is 21.6 Å². The highest BCUT2D eigenvalue weighted by Gasteiger charge is 2.24. The average Bonchev–Trinajstić information content (AvgIpc) is 3.35. The zero-order valence-electron chi connectivity index (χ0n) is 14.8. The number of amides is 1. The van der Waals surface area contributed by atoms with Crippen molar-refractivity contribution in [2.24, 2.45) is 13.0 Å². The Balaban J connectivity index is 1.65. The van der Waals surface area contributed by atoms with Crippen LogP contribution < -0.4 is 15.4 Å². The Labute approximate surface area is 153 Å². The van der Waals surface area contributed by atoms with Crippen molar-refractivity contribution in [2.75, 3.05) is 18.9 Å². The third kappa shape index (κ3) is 4.48. The Morgan fingerprint density at radius 2 is 2.00 bits per heavy atom. The highest BCUT2D eigenvalue weighted by Crippen LogP contribution is 2.28. The van der Waals surface area contributed by atoms with Crippen molar-refractivity contribution in [1.82, 2.24) is 19.8 Å². The Kier molecular flexibility index (Phi) is 5.40. The van der Waals surface area contributed by atoms with E-state index in [1.807, 2.05) is 0 Å². The van der Waals surface area contributed by atoms with Crippen molar-refractivity contribution in [3.63, 3.8) is 0 Å². The van der Waals surface area contributed by atoms with Gasteiger partial charge in [0.1, 0.15) is 6.04 Å². The van der Waals surface area contributed by atoms with Crippen LogP contribution in [-0.2, 0) is 21.9 Å².